The van der Waals surface area contributed by atoms with Crippen molar-refractivity contribution in [2.75, 3.05) is 6.61 Å². The second kappa shape index (κ2) is 17.5. The number of pyridine rings is 1. The van der Waals surface area contributed by atoms with E-state index in [0.717, 1.165) is 13.0 Å². The number of rotatable bonds is 18. The zero-order chi connectivity index (χ0) is 18.7. The van der Waals surface area contributed by atoms with Crippen LogP contribution in [0.5, 0.6) is 0 Å². The van der Waals surface area contributed by atoms with E-state index in [0.29, 0.717) is 6.73 Å². The van der Waals surface area contributed by atoms with E-state index < -0.39 is 0 Å². The highest BCUT2D eigenvalue weighted by Gasteiger charge is 2.00. The van der Waals surface area contributed by atoms with Crippen molar-refractivity contribution in [2.45, 2.75) is 117 Å². The Kier molecular flexibility index (Phi) is 15.6. The zero-order valence-electron chi connectivity index (χ0n) is 17.7. The molecular weight excluding hydrogens is 318 g/mol. The summed E-state index contributed by atoms with van der Waals surface area (Å²) in [5.41, 5.74) is 1.38. The Morgan fingerprint density at radius 3 is 1.58 bits per heavy atom. The molecule has 0 unspecified atom stereocenters. The van der Waals surface area contributed by atoms with Gasteiger partial charge in [-0.3, -0.25) is 0 Å². The topological polar surface area (TPSA) is 13.1 Å². The summed E-state index contributed by atoms with van der Waals surface area (Å²) in [5, 5.41) is 0. The molecular formula is C24H44NO+. The third kappa shape index (κ3) is 13.3. The number of unbranched alkanes of at least 4 members (excludes halogenated alkanes) is 13. The lowest BCUT2D eigenvalue weighted by molar-refractivity contribution is -0.732. The number of aryl methyl sites for hydroxylation is 1. The Hall–Kier alpha value is -0.890. The number of nitrogens with zero attached hydrogens (tertiary/aromatic N) is 1. The smallest absolute Gasteiger partial charge is 0.252 e. The minimum atomic E-state index is 0.683. The van der Waals surface area contributed by atoms with Gasteiger partial charge in [-0.1, -0.05) is 97.3 Å². The summed E-state index contributed by atoms with van der Waals surface area (Å²) in [7, 11) is 0. The van der Waals surface area contributed by atoms with Crippen LogP contribution in [0.3, 0.4) is 0 Å². The molecule has 0 aromatic carbocycles. The van der Waals surface area contributed by atoms with Crippen LogP contribution in [0.1, 0.15) is 109 Å². The van der Waals surface area contributed by atoms with Crippen LogP contribution in [0.15, 0.2) is 24.5 Å². The van der Waals surface area contributed by atoms with E-state index in [4.69, 9.17) is 4.74 Å². The summed E-state index contributed by atoms with van der Waals surface area (Å²) in [6.45, 7) is 6.05. The van der Waals surface area contributed by atoms with Crippen LogP contribution in [-0.2, 0) is 17.9 Å². The minimum Gasteiger partial charge on any atom is -0.323 e. The molecule has 0 saturated carbocycles. The Balaban J connectivity index is 1.76. The lowest BCUT2D eigenvalue weighted by atomic mass is 10.0. The van der Waals surface area contributed by atoms with Gasteiger partial charge in [0.25, 0.3) is 6.73 Å². The van der Waals surface area contributed by atoms with Crippen molar-refractivity contribution in [1.29, 1.82) is 0 Å². The van der Waals surface area contributed by atoms with Crippen LogP contribution in [0.25, 0.3) is 0 Å². The van der Waals surface area contributed by atoms with E-state index >= 15 is 0 Å². The standard InChI is InChI=1S/C24H44NO/c1-3-5-6-7-8-9-10-11-12-13-14-15-16-17-22-26-23-25-20-18-24(4-2)19-21-25/h18-21H,3-17,22-23H2,1-2H3/q+1. The molecule has 0 radical (unpaired) electrons. The molecule has 2 nitrogen and oxygen atoms in total. The Bertz CT molecular complexity index is 401. The van der Waals surface area contributed by atoms with Crippen LogP contribution in [0.4, 0.5) is 0 Å². The molecule has 26 heavy (non-hydrogen) atoms. The molecule has 1 rings (SSSR count). The monoisotopic (exact) mass is 362 g/mol. The second-order valence-corrected chi connectivity index (χ2v) is 7.71. The van der Waals surface area contributed by atoms with Crippen molar-refractivity contribution < 1.29 is 9.30 Å². The normalized spacial score (nSPS) is 11.2. The quantitative estimate of drug-likeness (QED) is 0.202. The predicted molar refractivity (Wildman–Crippen MR) is 112 cm³/mol. The fourth-order valence-electron chi connectivity index (χ4n) is 3.38. The van der Waals surface area contributed by atoms with Crippen molar-refractivity contribution in [2.24, 2.45) is 0 Å². The molecule has 0 atom stereocenters. The van der Waals surface area contributed by atoms with Gasteiger partial charge in [0, 0.05) is 12.1 Å². The van der Waals surface area contributed by atoms with Gasteiger partial charge in [-0.2, -0.15) is 4.57 Å². The van der Waals surface area contributed by atoms with E-state index in [-0.39, 0.29) is 0 Å². The van der Waals surface area contributed by atoms with Gasteiger partial charge >= 0.3 is 0 Å². The van der Waals surface area contributed by atoms with Crippen molar-refractivity contribution in [3.63, 3.8) is 0 Å². The van der Waals surface area contributed by atoms with E-state index in [1.165, 1.54) is 95.5 Å². The first-order valence-corrected chi connectivity index (χ1v) is 11.4. The van der Waals surface area contributed by atoms with Crippen molar-refractivity contribution in [3.8, 4) is 0 Å². The highest BCUT2D eigenvalue weighted by Crippen LogP contribution is 2.12. The summed E-state index contributed by atoms with van der Waals surface area (Å²) in [6, 6.07) is 4.35. The molecule has 0 spiro atoms. The molecule has 2 heteroatoms. The zero-order valence-corrected chi connectivity index (χ0v) is 17.7. The number of ether oxygens (including phenoxy) is 1. The van der Waals surface area contributed by atoms with Gasteiger partial charge in [0.15, 0.2) is 12.4 Å². The summed E-state index contributed by atoms with van der Waals surface area (Å²) in [6.07, 6.45) is 25.0. The molecule has 0 amide bonds. The third-order valence-electron chi connectivity index (χ3n) is 5.25. The van der Waals surface area contributed by atoms with Gasteiger partial charge in [0.1, 0.15) is 0 Å². The summed E-state index contributed by atoms with van der Waals surface area (Å²) >= 11 is 0. The molecule has 150 valence electrons. The number of hydrogen-bond acceptors (Lipinski definition) is 1. The second-order valence-electron chi connectivity index (χ2n) is 7.71. The van der Waals surface area contributed by atoms with Crippen LogP contribution < -0.4 is 4.57 Å². The molecule has 0 aliphatic rings. The van der Waals surface area contributed by atoms with Gasteiger partial charge in [-0.05, 0) is 18.4 Å². The van der Waals surface area contributed by atoms with E-state index in [1.807, 2.05) is 0 Å². The lowest BCUT2D eigenvalue weighted by Gasteiger charge is -2.04. The number of hydrogen-bond donors (Lipinski definition) is 0. The summed E-state index contributed by atoms with van der Waals surface area (Å²) < 4.78 is 7.88. The van der Waals surface area contributed by atoms with Crippen molar-refractivity contribution >= 4 is 0 Å². The largest absolute Gasteiger partial charge is 0.323 e. The van der Waals surface area contributed by atoms with Crippen molar-refractivity contribution in [3.05, 3.63) is 30.1 Å². The summed E-state index contributed by atoms with van der Waals surface area (Å²) in [4.78, 5) is 0. The van der Waals surface area contributed by atoms with E-state index in [9.17, 15) is 0 Å². The SMILES string of the molecule is CCCCCCCCCCCCCCCCOC[n+]1ccc(CC)cc1. The highest BCUT2D eigenvalue weighted by atomic mass is 16.5. The molecule has 0 bridgehead atoms. The molecule has 0 saturated heterocycles. The Morgan fingerprint density at radius 1 is 0.654 bits per heavy atom. The van der Waals surface area contributed by atoms with Crippen LogP contribution in [-0.4, -0.2) is 6.61 Å². The van der Waals surface area contributed by atoms with E-state index in [1.54, 1.807) is 0 Å². The predicted octanol–water partition coefficient (Wildman–Crippen LogP) is 6.99. The van der Waals surface area contributed by atoms with Gasteiger partial charge in [-0.25, -0.2) is 0 Å². The average Bonchev–Trinajstić information content (AvgIpc) is 2.68. The van der Waals surface area contributed by atoms with Crippen LogP contribution in [0, 0.1) is 0 Å². The van der Waals surface area contributed by atoms with Gasteiger partial charge in [0.2, 0.25) is 0 Å². The Labute approximate surface area is 163 Å². The van der Waals surface area contributed by atoms with Gasteiger partial charge in [0.05, 0.1) is 6.61 Å². The number of aromatic nitrogens is 1. The highest BCUT2D eigenvalue weighted by molar-refractivity contribution is 5.06. The average molecular weight is 363 g/mol. The molecule has 0 aliphatic heterocycles. The first-order valence-electron chi connectivity index (χ1n) is 11.4. The lowest BCUT2D eigenvalue weighted by Crippen LogP contribution is -2.34. The molecule has 1 aromatic rings. The van der Waals surface area contributed by atoms with Crippen LogP contribution in [0.2, 0.25) is 0 Å². The maximum Gasteiger partial charge on any atom is 0.252 e. The molecule has 0 fully saturated rings. The van der Waals surface area contributed by atoms with Crippen molar-refractivity contribution in [1.82, 2.24) is 0 Å². The first kappa shape index (κ1) is 23.1. The van der Waals surface area contributed by atoms with Gasteiger partial charge in [-0.15, -0.1) is 0 Å². The summed E-state index contributed by atoms with van der Waals surface area (Å²) in [5.74, 6) is 0. The minimum absolute atomic E-state index is 0.683. The molecule has 1 aromatic heterocycles. The van der Waals surface area contributed by atoms with E-state index in [2.05, 4.69) is 42.9 Å². The van der Waals surface area contributed by atoms with Gasteiger partial charge < -0.3 is 4.74 Å². The Morgan fingerprint density at radius 2 is 1.12 bits per heavy atom. The first-order chi connectivity index (χ1) is 12.9. The maximum absolute atomic E-state index is 5.76. The fraction of sp³-hybridized carbons (Fsp3) is 0.792. The fourth-order valence-corrected chi connectivity index (χ4v) is 3.38. The molecule has 0 N–H and O–H groups in total. The third-order valence-corrected chi connectivity index (χ3v) is 5.25. The molecule has 0 aliphatic carbocycles. The molecule has 1 heterocycles. The maximum atomic E-state index is 5.76. The van der Waals surface area contributed by atoms with Crippen LogP contribution >= 0.6 is 0 Å².